The van der Waals surface area contributed by atoms with Crippen molar-refractivity contribution in [1.29, 1.82) is 0 Å². The summed E-state index contributed by atoms with van der Waals surface area (Å²) in [5.41, 5.74) is 1.07. The van der Waals surface area contributed by atoms with Crippen LogP contribution in [0.1, 0.15) is 0 Å². The van der Waals surface area contributed by atoms with E-state index in [4.69, 9.17) is 0 Å². The Morgan fingerprint density at radius 2 is 2.07 bits per heavy atom. The summed E-state index contributed by atoms with van der Waals surface area (Å²) in [6.45, 7) is 0. The van der Waals surface area contributed by atoms with Gasteiger partial charge in [0.2, 0.25) is 3.83 Å². The maximum Gasteiger partial charge on any atom is 0.203 e. The zero-order valence-electron chi connectivity index (χ0n) is 6.67. The molecule has 2 rings (SSSR count). The molecule has 14 heavy (non-hydrogen) atoms. The van der Waals surface area contributed by atoms with Crippen molar-refractivity contribution in [1.82, 2.24) is 9.36 Å². The lowest BCUT2D eigenvalue weighted by Gasteiger charge is -1.99. The minimum absolute atomic E-state index is 0.787. The molecule has 0 radical (unpaired) electrons. The zero-order valence-corrected chi connectivity index (χ0v) is 12.8. The molecule has 72 valence electrons. The van der Waals surface area contributed by atoms with Crippen LogP contribution in [0.5, 0.6) is 0 Å². The predicted octanol–water partition coefficient (Wildman–Crippen LogP) is 4.33. The molecule has 0 unspecified atom stereocenters. The number of hydrogen-bond donors (Lipinski definition) is 0. The normalized spacial score (nSPS) is 10.5. The molecular formula is C8H3Br2IN2S. The standard InChI is InChI=1S/C8H3Br2IN2S/c9-4-1-2-6(10)5(3-4)7-12-8(11)13-14-7/h1-3H. The Hall–Kier alpha value is 0.470. The van der Waals surface area contributed by atoms with Gasteiger partial charge in [-0.25, -0.2) is 4.98 Å². The average Bonchev–Trinajstić information content (AvgIpc) is 2.56. The maximum atomic E-state index is 4.33. The Labute approximate surface area is 116 Å². The van der Waals surface area contributed by atoms with Gasteiger partial charge in [-0.3, -0.25) is 0 Å². The Morgan fingerprint density at radius 1 is 1.29 bits per heavy atom. The SMILES string of the molecule is Brc1ccc(Br)c(-c2nc(I)ns2)c1. The fourth-order valence-corrected chi connectivity index (χ4v) is 3.20. The summed E-state index contributed by atoms with van der Waals surface area (Å²) in [6, 6.07) is 6.01. The second-order valence-electron chi connectivity index (χ2n) is 2.49. The summed E-state index contributed by atoms with van der Waals surface area (Å²) in [5.74, 6) is 0. The highest BCUT2D eigenvalue weighted by Gasteiger charge is 2.08. The number of hydrogen-bond acceptors (Lipinski definition) is 3. The van der Waals surface area contributed by atoms with Crippen molar-refractivity contribution >= 4 is 66.0 Å². The van der Waals surface area contributed by atoms with Crippen LogP contribution in [-0.2, 0) is 0 Å². The number of halogens is 3. The van der Waals surface area contributed by atoms with Crippen LogP contribution in [0.3, 0.4) is 0 Å². The number of nitrogens with zero attached hydrogens (tertiary/aromatic N) is 2. The Balaban J connectivity index is 2.55. The molecule has 0 aliphatic rings. The summed E-state index contributed by atoms with van der Waals surface area (Å²) < 4.78 is 7.01. The molecule has 1 heterocycles. The van der Waals surface area contributed by atoms with E-state index < -0.39 is 0 Å². The average molecular weight is 446 g/mol. The van der Waals surface area contributed by atoms with Gasteiger partial charge in [-0.2, -0.15) is 4.37 Å². The highest BCUT2D eigenvalue weighted by Crippen LogP contribution is 2.31. The predicted molar refractivity (Wildman–Crippen MR) is 73.5 cm³/mol. The Kier molecular flexibility index (Phi) is 3.56. The van der Waals surface area contributed by atoms with Crippen molar-refractivity contribution in [2.45, 2.75) is 0 Å². The van der Waals surface area contributed by atoms with Gasteiger partial charge in [0, 0.05) is 37.1 Å². The molecule has 2 aromatic rings. The van der Waals surface area contributed by atoms with Crippen LogP contribution in [0.4, 0.5) is 0 Å². The van der Waals surface area contributed by atoms with Gasteiger partial charge in [-0.05, 0) is 29.7 Å². The second kappa shape index (κ2) is 4.54. The van der Waals surface area contributed by atoms with Crippen molar-refractivity contribution in [3.05, 3.63) is 31.0 Å². The molecule has 0 bridgehead atoms. The molecule has 1 aromatic carbocycles. The first-order chi connectivity index (χ1) is 6.66. The van der Waals surface area contributed by atoms with E-state index in [0.717, 1.165) is 23.3 Å². The van der Waals surface area contributed by atoms with Crippen molar-refractivity contribution in [3.63, 3.8) is 0 Å². The van der Waals surface area contributed by atoms with E-state index in [2.05, 4.69) is 63.8 Å². The highest BCUT2D eigenvalue weighted by atomic mass is 127. The largest absolute Gasteiger partial charge is 0.210 e. The fraction of sp³-hybridized carbons (Fsp3) is 0. The quantitative estimate of drug-likeness (QED) is 0.610. The van der Waals surface area contributed by atoms with Crippen LogP contribution in [0.15, 0.2) is 27.1 Å². The molecule has 0 fully saturated rings. The van der Waals surface area contributed by atoms with Gasteiger partial charge < -0.3 is 0 Å². The molecule has 0 aliphatic heterocycles. The van der Waals surface area contributed by atoms with Crippen LogP contribution in [0.2, 0.25) is 0 Å². The summed E-state index contributed by atoms with van der Waals surface area (Å²) in [4.78, 5) is 4.33. The minimum Gasteiger partial charge on any atom is -0.210 e. The smallest absolute Gasteiger partial charge is 0.203 e. The van der Waals surface area contributed by atoms with Crippen LogP contribution in [0.25, 0.3) is 10.6 Å². The topological polar surface area (TPSA) is 25.8 Å². The van der Waals surface area contributed by atoms with Gasteiger partial charge in [-0.15, -0.1) is 0 Å². The fourth-order valence-electron chi connectivity index (χ4n) is 0.976. The maximum absolute atomic E-state index is 4.33. The first-order valence-corrected chi connectivity index (χ1v) is 7.05. The van der Waals surface area contributed by atoms with Crippen molar-refractivity contribution in [2.75, 3.05) is 0 Å². The summed E-state index contributed by atoms with van der Waals surface area (Å²) >= 11 is 10.4. The van der Waals surface area contributed by atoms with E-state index in [0.29, 0.717) is 0 Å². The highest BCUT2D eigenvalue weighted by molar-refractivity contribution is 14.1. The van der Waals surface area contributed by atoms with Crippen molar-refractivity contribution < 1.29 is 0 Å². The monoisotopic (exact) mass is 444 g/mol. The first kappa shape index (κ1) is 11.0. The molecule has 0 amide bonds. The number of benzene rings is 1. The Bertz CT molecular complexity index is 472. The van der Waals surface area contributed by atoms with E-state index in [1.165, 1.54) is 11.5 Å². The molecule has 0 atom stereocenters. The minimum atomic E-state index is 0.787. The van der Waals surface area contributed by atoms with Crippen LogP contribution in [-0.4, -0.2) is 9.36 Å². The lowest BCUT2D eigenvalue weighted by Crippen LogP contribution is -1.79. The third kappa shape index (κ3) is 2.34. The molecule has 0 aliphatic carbocycles. The zero-order chi connectivity index (χ0) is 10.1. The molecule has 2 nitrogen and oxygen atoms in total. The van der Waals surface area contributed by atoms with Gasteiger partial charge in [0.05, 0.1) is 0 Å². The van der Waals surface area contributed by atoms with Crippen molar-refractivity contribution in [2.24, 2.45) is 0 Å². The van der Waals surface area contributed by atoms with Crippen LogP contribution >= 0.6 is 66.0 Å². The van der Waals surface area contributed by atoms with E-state index in [1.807, 2.05) is 18.2 Å². The van der Waals surface area contributed by atoms with Gasteiger partial charge in [0.1, 0.15) is 5.01 Å². The molecule has 0 N–H and O–H groups in total. The number of rotatable bonds is 1. The third-order valence-corrected chi connectivity index (χ3v) is 4.30. The van der Waals surface area contributed by atoms with Crippen LogP contribution in [0, 0.1) is 3.83 Å². The molecule has 0 spiro atoms. The summed E-state index contributed by atoms with van der Waals surface area (Å²) in [7, 11) is 0. The van der Waals surface area contributed by atoms with Gasteiger partial charge in [0.25, 0.3) is 0 Å². The number of aromatic nitrogens is 2. The molecule has 6 heteroatoms. The Morgan fingerprint density at radius 3 is 2.71 bits per heavy atom. The van der Waals surface area contributed by atoms with Crippen LogP contribution < -0.4 is 0 Å². The summed E-state index contributed by atoms with van der Waals surface area (Å²) in [6.07, 6.45) is 0. The lowest BCUT2D eigenvalue weighted by atomic mass is 10.2. The molecular weight excluding hydrogens is 443 g/mol. The first-order valence-electron chi connectivity index (χ1n) is 3.61. The van der Waals surface area contributed by atoms with E-state index in [9.17, 15) is 0 Å². The van der Waals surface area contributed by atoms with Gasteiger partial charge in [0.15, 0.2) is 0 Å². The van der Waals surface area contributed by atoms with E-state index in [1.54, 1.807) is 0 Å². The summed E-state index contributed by atoms with van der Waals surface area (Å²) in [5, 5.41) is 0.933. The molecule has 1 aromatic heterocycles. The third-order valence-electron chi connectivity index (χ3n) is 1.56. The molecule has 0 saturated carbocycles. The van der Waals surface area contributed by atoms with Gasteiger partial charge in [-0.1, -0.05) is 31.9 Å². The van der Waals surface area contributed by atoms with E-state index >= 15 is 0 Å². The van der Waals surface area contributed by atoms with Crippen molar-refractivity contribution in [3.8, 4) is 10.6 Å². The van der Waals surface area contributed by atoms with Gasteiger partial charge >= 0.3 is 0 Å². The lowest BCUT2D eigenvalue weighted by molar-refractivity contribution is 1.25. The van der Waals surface area contributed by atoms with E-state index in [-0.39, 0.29) is 0 Å². The molecule has 0 saturated heterocycles. The second-order valence-corrected chi connectivity index (χ2v) is 5.98.